The van der Waals surface area contributed by atoms with Gasteiger partial charge in [-0.05, 0) is 48.7 Å². The summed E-state index contributed by atoms with van der Waals surface area (Å²) in [5.41, 5.74) is 4.04. The lowest BCUT2D eigenvalue weighted by Gasteiger charge is -2.20. The maximum Gasteiger partial charge on any atom is 0.200 e. The molecular weight excluding hydrogens is 404 g/mol. The number of ketones is 1. The molecule has 0 aliphatic carbocycles. The van der Waals surface area contributed by atoms with Crippen LogP contribution in [0.15, 0.2) is 65.8 Å². The summed E-state index contributed by atoms with van der Waals surface area (Å²) < 4.78 is 13.3. The lowest BCUT2D eigenvalue weighted by Crippen LogP contribution is -2.21. The van der Waals surface area contributed by atoms with Crippen LogP contribution in [0.2, 0.25) is 0 Å². The van der Waals surface area contributed by atoms with E-state index in [-0.39, 0.29) is 16.8 Å². The number of carbonyl (C=O) groups is 1. The van der Waals surface area contributed by atoms with E-state index in [0.717, 1.165) is 16.7 Å². The van der Waals surface area contributed by atoms with Crippen molar-refractivity contribution in [1.82, 2.24) is 9.55 Å². The molecule has 0 amide bonds. The zero-order chi connectivity index (χ0) is 22.2. The Balaban J connectivity index is 1.72. The molecule has 1 aliphatic heterocycles. The van der Waals surface area contributed by atoms with E-state index < -0.39 is 0 Å². The zero-order valence-corrected chi connectivity index (χ0v) is 17.9. The standard InChI is InChI=1S/C26H22N2O4/c1-16-5-6-19(10-17(16)2)25(29)21-15-28(14-18-4-3-7-27-13-18)22-12-24-23(31-8-9-32-24)11-20(22)26(21)30/h3-7,10-13,15H,8-9,14H2,1-2H3. The zero-order valence-electron chi connectivity index (χ0n) is 17.9. The molecule has 0 N–H and O–H groups in total. The van der Waals surface area contributed by atoms with E-state index >= 15 is 0 Å². The molecular formula is C26H22N2O4. The highest BCUT2D eigenvalue weighted by atomic mass is 16.6. The summed E-state index contributed by atoms with van der Waals surface area (Å²) in [5, 5.41) is 0.424. The monoisotopic (exact) mass is 426 g/mol. The van der Waals surface area contributed by atoms with Gasteiger partial charge in [0.2, 0.25) is 5.43 Å². The molecule has 4 aromatic rings. The van der Waals surface area contributed by atoms with Crippen LogP contribution in [-0.2, 0) is 6.54 Å². The number of benzene rings is 2. The highest BCUT2D eigenvalue weighted by Crippen LogP contribution is 2.34. The Kier molecular flexibility index (Phi) is 4.98. The number of aryl methyl sites for hydroxylation is 2. The summed E-state index contributed by atoms with van der Waals surface area (Å²) in [6, 6.07) is 12.8. The smallest absolute Gasteiger partial charge is 0.200 e. The van der Waals surface area contributed by atoms with Gasteiger partial charge in [-0.15, -0.1) is 0 Å². The van der Waals surface area contributed by atoms with Crippen molar-refractivity contribution in [2.75, 3.05) is 13.2 Å². The number of pyridine rings is 2. The Hall–Kier alpha value is -3.93. The van der Waals surface area contributed by atoms with Crippen LogP contribution in [-0.4, -0.2) is 28.5 Å². The first-order valence-electron chi connectivity index (χ1n) is 10.5. The number of aromatic nitrogens is 2. The molecule has 2 aromatic heterocycles. The van der Waals surface area contributed by atoms with Gasteiger partial charge in [-0.2, -0.15) is 0 Å². The summed E-state index contributed by atoms with van der Waals surface area (Å²) in [5.74, 6) is 0.815. The highest BCUT2D eigenvalue weighted by molar-refractivity contribution is 6.10. The largest absolute Gasteiger partial charge is 0.486 e. The van der Waals surface area contributed by atoms with Crippen molar-refractivity contribution < 1.29 is 14.3 Å². The normalized spacial score (nSPS) is 12.7. The molecule has 160 valence electrons. The number of hydrogen-bond acceptors (Lipinski definition) is 5. The third-order valence-electron chi connectivity index (χ3n) is 5.83. The molecule has 1 aliphatic rings. The quantitative estimate of drug-likeness (QED) is 0.460. The Labute approximate surface area is 185 Å². The minimum atomic E-state index is -0.317. The summed E-state index contributed by atoms with van der Waals surface area (Å²) in [6.45, 7) is 5.28. The fraction of sp³-hybridized carbons (Fsp3) is 0.192. The van der Waals surface area contributed by atoms with Crippen molar-refractivity contribution in [1.29, 1.82) is 0 Å². The molecule has 0 unspecified atom stereocenters. The molecule has 3 heterocycles. The van der Waals surface area contributed by atoms with Gasteiger partial charge in [0.05, 0.1) is 16.5 Å². The lowest BCUT2D eigenvalue weighted by molar-refractivity contribution is 0.103. The van der Waals surface area contributed by atoms with E-state index in [2.05, 4.69) is 4.98 Å². The predicted octanol–water partition coefficient (Wildman–Crippen LogP) is 4.06. The number of rotatable bonds is 4. The van der Waals surface area contributed by atoms with Gasteiger partial charge in [0.15, 0.2) is 17.3 Å². The Morgan fingerprint density at radius 1 is 1.03 bits per heavy atom. The van der Waals surface area contributed by atoms with Gasteiger partial charge in [-0.1, -0.05) is 18.2 Å². The van der Waals surface area contributed by atoms with Crippen molar-refractivity contribution in [2.24, 2.45) is 0 Å². The summed E-state index contributed by atoms with van der Waals surface area (Å²) in [6.07, 6.45) is 5.13. The van der Waals surface area contributed by atoms with Gasteiger partial charge in [-0.3, -0.25) is 14.6 Å². The van der Waals surface area contributed by atoms with Gasteiger partial charge in [0, 0.05) is 36.8 Å². The van der Waals surface area contributed by atoms with Gasteiger partial charge in [0.25, 0.3) is 0 Å². The molecule has 6 nitrogen and oxygen atoms in total. The lowest BCUT2D eigenvalue weighted by atomic mass is 9.98. The van der Waals surface area contributed by atoms with Crippen molar-refractivity contribution >= 4 is 16.7 Å². The number of hydrogen-bond donors (Lipinski definition) is 0. The minimum Gasteiger partial charge on any atom is -0.486 e. The van der Waals surface area contributed by atoms with E-state index in [4.69, 9.17) is 9.47 Å². The number of nitrogens with zero attached hydrogens (tertiary/aromatic N) is 2. The molecule has 0 saturated carbocycles. The second kappa shape index (κ2) is 7.96. The van der Waals surface area contributed by atoms with Crippen LogP contribution < -0.4 is 14.9 Å². The summed E-state index contributed by atoms with van der Waals surface area (Å²) in [4.78, 5) is 31.0. The van der Waals surface area contributed by atoms with E-state index in [1.807, 2.05) is 48.7 Å². The molecule has 0 radical (unpaired) electrons. The highest BCUT2D eigenvalue weighted by Gasteiger charge is 2.21. The van der Waals surface area contributed by atoms with Crippen molar-refractivity contribution in [3.8, 4) is 11.5 Å². The Bertz CT molecular complexity index is 1410. The third kappa shape index (κ3) is 3.54. The second-order valence-corrected chi connectivity index (χ2v) is 8.00. The maximum atomic E-state index is 13.4. The van der Waals surface area contributed by atoms with Gasteiger partial charge >= 0.3 is 0 Å². The first kappa shape index (κ1) is 20.0. The van der Waals surface area contributed by atoms with E-state index in [1.165, 1.54) is 0 Å². The van der Waals surface area contributed by atoms with E-state index in [0.29, 0.717) is 47.7 Å². The van der Waals surface area contributed by atoms with Crippen LogP contribution in [0.5, 0.6) is 11.5 Å². The fourth-order valence-electron chi connectivity index (χ4n) is 3.95. The topological polar surface area (TPSA) is 70.4 Å². The molecule has 0 atom stereocenters. The third-order valence-corrected chi connectivity index (χ3v) is 5.83. The average molecular weight is 426 g/mol. The van der Waals surface area contributed by atoms with E-state index in [9.17, 15) is 9.59 Å². The van der Waals surface area contributed by atoms with Gasteiger partial charge in [0.1, 0.15) is 13.2 Å². The molecule has 32 heavy (non-hydrogen) atoms. The first-order chi connectivity index (χ1) is 15.5. The maximum absolute atomic E-state index is 13.4. The second-order valence-electron chi connectivity index (χ2n) is 8.00. The number of carbonyl (C=O) groups excluding carboxylic acids is 1. The van der Waals surface area contributed by atoms with Crippen LogP contribution in [0.4, 0.5) is 0 Å². The molecule has 6 heteroatoms. The van der Waals surface area contributed by atoms with Crippen molar-refractivity contribution in [3.63, 3.8) is 0 Å². The first-order valence-corrected chi connectivity index (χ1v) is 10.5. The van der Waals surface area contributed by atoms with Gasteiger partial charge < -0.3 is 14.0 Å². The molecule has 0 saturated heterocycles. The van der Waals surface area contributed by atoms with Gasteiger partial charge in [-0.25, -0.2) is 0 Å². The Morgan fingerprint density at radius 2 is 1.81 bits per heavy atom. The molecule has 0 bridgehead atoms. The van der Waals surface area contributed by atoms with Crippen molar-refractivity contribution in [2.45, 2.75) is 20.4 Å². The fourth-order valence-corrected chi connectivity index (χ4v) is 3.95. The van der Waals surface area contributed by atoms with Crippen LogP contribution >= 0.6 is 0 Å². The van der Waals surface area contributed by atoms with Crippen LogP contribution in [0, 0.1) is 13.8 Å². The molecule has 5 rings (SSSR count). The minimum absolute atomic E-state index is 0.126. The summed E-state index contributed by atoms with van der Waals surface area (Å²) >= 11 is 0. The van der Waals surface area contributed by atoms with Crippen molar-refractivity contribution in [3.05, 3.63) is 99.1 Å². The summed E-state index contributed by atoms with van der Waals surface area (Å²) in [7, 11) is 0. The predicted molar refractivity (Wildman–Crippen MR) is 122 cm³/mol. The number of ether oxygens (including phenoxy) is 2. The Morgan fingerprint density at radius 3 is 2.53 bits per heavy atom. The van der Waals surface area contributed by atoms with Crippen LogP contribution in [0.25, 0.3) is 10.9 Å². The van der Waals surface area contributed by atoms with Crippen LogP contribution in [0.1, 0.15) is 32.6 Å². The average Bonchev–Trinajstić information content (AvgIpc) is 2.82. The van der Waals surface area contributed by atoms with Crippen LogP contribution in [0.3, 0.4) is 0 Å². The molecule has 0 spiro atoms. The number of fused-ring (bicyclic) bond motifs is 2. The molecule has 0 fully saturated rings. The SMILES string of the molecule is Cc1ccc(C(=O)c2cn(Cc3cccnc3)c3cc4c(cc3c2=O)OCCO4)cc1C. The van der Waals surface area contributed by atoms with E-state index in [1.54, 1.807) is 30.7 Å². The molecule has 2 aromatic carbocycles.